The predicted molar refractivity (Wildman–Crippen MR) is 67.0 cm³/mol. The Morgan fingerprint density at radius 2 is 1.94 bits per heavy atom. The molecule has 0 unspecified atom stereocenters. The van der Waals surface area contributed by atoms with Crippen molar-refractivity contribution in [1.82, 2.24) is 15.5 Å². The monoisotopic (exact) mass is 238 g/mol. The van der Waals surface area contributed by atoms with Crippen molar-refractivity contribution in [2.75, 3.05) is 18.0 Å². The van der Waals surface area contributed by atoms with Crippen LogP contribution in [-0.4, -0.2) is 29.3 Å². The van der Waals surface area contributed by atoms with Crippen molar-refractivity contribution in [2.24, 2.45) is 0 Å². The second kappa shape index (κ2) is 6.00. The molecule has 0 radical (unpaired) electrons. The molecule has 0 aromatic carbocycles. The normalized spacial score (nSPS) is 15.2. The zero-order valence-electron chi connectivity index (χ0n) is 10.8. The number of nitrogens with zero attached hydrogens (tertiary/aromatic N) is 3. The van der Waals surface area contributed by atoms with Gasteiger partial charge in [0, 0.05) is 19.1 Å². The van der Waals surface area contributed by atoms with Crippen molar-refractivity contribution in [1.29, 1.82) is 0 Å². The largest absolute Gasteiger partial charge is 0.407 e. The maximum Gasteiger partial charge on any atom is 0.318 e. The molecular formula is C12H22N4O. The molecule has 0 bridgehead atoms. The zero-order chi connectivity index (χ0) is 12.1. The first-order chi connectivity index (χ1) is 8.33. The van der Waals surface area contributed by atoms with Gasteiger partial charge < -0.3 is 14.6 Å². The van der Waals surface area contributed by atoms with E-state index in [1.165, 1.54) is 12.8 Å². The SMILES string of the molecule is CCCN(CCC)c1nnc(CNC2CC2)o1. The highest BCUT2D eigenvalue weighted by atomic mass is 16.4. The molecule has 1 aliphatic rings. The summed E-state index contributed by atoms with van der Waals surface area (Å²) in [6.45, 7) is 6.98. The minimum absolute atomic E-state index is 0.668. The van der Waals surface area contributed by atoms with Gasteiger partial charge in [-0.25, -0.2) is 0 Å². The van der Waals surface area contributed by atoms with Gasteiger partial charge >= 0.3 is 6.01 Å². The highest BCUT2D eigenvalue weighted by Gasteiger charge is 2.21. The Morgan fingerprint density at radius 1 is 1.24 bits per heavy atom. The minimum Gasteiger partial charge on any atom is -0.407 e. The van der Waals surface area contributed by atoms with Gasteiger partial charge in [-0.2, -0.15) is 0 Å². The van der Waals surface area contributed by atoms with Crippen LogP contribution in [0, 0.1) is 0 Å². The summed E-state index contributed by atoms with van der Waals surface area (Å²) >= 11 is 0. The van der Waals surface area contributed by atoms with Crippen LogP contribution in [0.2, 0.25) is 0 Å². The van der Waals surface area contributed by atoms with E-state index in [-0.39, 0.29) is 0 Å². The average molecular weight is 238 g/mol. The molecule has 1 aromatic heterocycles. The third-order valence-electron chi connectivity index (χ3n) is 2.83. The molecule has 5 heteroatoms. The van der Waals surface area contributed by atoms with E-state index in [4.69, 9.17) is 4.42 Å². The number of aromatic nitrogens is 2. The summed E-state index contributed by atoms with van der Waals surface area (Å²) in [6, 6.07) is 1.34. The van der Waals surface area contributed by atoms with E-state index in [0.29, 0.717) is 24.5 Å². The zero-order valence-corrected chi connectivity index (χ0v) is 10.8. The van der Waals surface area contributed by atoms with Crippen molar-refractivity contribution >= 4 is 6.01 Å². The van der Waals surface area contributed by atoms with Gasteiger partial charge in [-0.1, -0.05) is 18.9 Å². The second-order valence-corrected chi connectivity index (χ2v) is 4.62. The molecule has 0 saturated heterocycles. The van der Waals surface area contributed by atoms with Crippen molar-refractivity contribution in [3.05, 3.63) is 5.89 Å². The molecular weight excluding hydrogens is 216 g/mol. The van der Waals surface area contributed by atoms with Crippen molar-refractivity contribution in [3.8, 4) is 0 Å². The number of hydrogen-bond donors (Lipinski definition) is 1. The van der Waals surface area contributed by atoms with Crippen molar-refractivity contribution < 1.29 is 4.42 Å². The summed E-state index contributed by atoms with van der Waals surface area (Å²) in [4.78, 5) is 2.16. The first-order valence-electron chi connectivity index (χ1n) is 6.64. The van der Waals surface area contributed by atoms with Crippen LogP contribution < -0.4 is 10.2 Å². The lowest BCUT2D eigenvalue weighted by molar-refractivity contribution is 0.458. The van der Waals surface area contributed by atoms with Crippen LogP contribution in [0.3, 0.4) is 0 Å². The fraction of sp³-hybridized carbons (Fsp3) is 0.833. The number of hydrogen-bond acceptors (Lipinski definition) is 5. The molecule has 0 spiro atoms. The molecule has 1 aromatic rings. The van der Waals surface area contributed by atoms with E-state index in [1.807, 2.05) is 0 Å². The van der Waals surface area contributed by atoms with Crippen LogP contribution in [0.1, 0.15) is 45.4 Å². The topological polar surface area (TPSA) is 54.2 Å². The van der Waals surface area contributed by atoms with Crippen LogP contribution in [0.5, 0.6) is 0 Å². The highest BCUT2D eigenvalue weighted by molar-refractivity contribution is 5.23. The van der Waals surface area contributed by atoms with Crippen LogP contribution in [0.15, 0.2) is 4.42 Å². The predicted octanol–water partition coefficient (Wildman–Crippen LogP) is 1.95. The molecule has 1 saturated carbocycles. The van der Waals surface area contributed by atoms with Crippen LogP contribution >= 0.6 is 0 Å². The third-order valence-corrected chi connectivity index (χ3v) is 2.83. The Morgan fingerprint density at radius 3 is 2.53 bits per heavy atom. The second-order valence-electron chi connectivity index (χ2n) is 4.62. The molecule has 1 fully saturated rings. The smallest absolute Gasteiger partial charge is 0.318 e. The summed E-state index contributed by atoms with van der Waals surface area (Å²) in [5.74, 6) is 0.698. The first-order valence-corrected chi connectivity index (χ1v) is 6.64. The summed E-state index contributed by atoms with van der Waals surface area (Å²) in [5, 5.41) is 11.6. The van der Waals surface area contributed by atoms with E-state index in [2.05, 4.69) is 34.3 Å². The lowest BCUT2D eigenvalue weighted by Gasteiger charge is -2.17. The van der Waals surface area contributed by atoms with E-state index in [1.54, 1.807) is 0 Å². The maximum atomic E-state index is 5.67. The molecule has 1 N–H and O–H groups in total. The van der Waals surface area contributed by atoms with Gasteiger partial charge in [0.1, 0.15) is 0 Å². The molecule has 5 nitrogen and oxygen atoms in total. The van der Waals surface area contributed by atoms with E-state index in [9.17, 15) is 0 Å². The lowest BCUT2D eigenvalue weighted by Crippen LogP contribution is -2.25. The first kappa shape index (κ1) is 12.4. The molecule has 1 heterocycles. The molecule has 0 atom stereocenters. The van der Waals surface area contributed by atoms with Crippen molar-refractivity contribution in [3.63, 3.8) is 0 Å². The molecule has 1 aliphatic carbocycles. The van der Waals surface area contributed by atoms with Gasteiger partial charge in [-0.05, 0) is 25.7 Å². The summed E-state index contributed by atoms with van der Waals surface area (Å²) in [6.07, 6.45) is 4.74. The molecule has 0 aliphatic heterocycles. The number of nitrogens with one attached hydrogen (secondary N) is 1. The van der Waals surface area contributed by atoms with Gasteiger partial charge in [0.15, 0.2) is 0 Å². The summed E-state index contributed by atoms with van der Waals surface area (Å²) in [7, 11) is 0. The van der Waals surface area contributed by atoms with Gasteiger partial charge in [-0.3, -0.25) is 0 Å². The Labute approximate surface area is 103 Å². The Kier molecular flexibility index (Phi) is 4.36. The van der Waals surface area contributed by atoms with Gasteiger partial charge in [0.05, 0.1) is 6.54 Å². The molecule has 0 amide bonds. The Balaban J connectivity index is 1.88. The average Bonchev–Trinajstić information content (AvgIpc) is 3.04. The van der Waals surface area contributed by atoms with Gasteiger partial charge in [0.25, 0.3) is 0 Å². The van der Waals surface area contributed by atoms with Crippen LogP contribution in [-0.2, 0) is 6.54 Å². The number of rotatable bonds is 8. The van der Waals surface area contributed by atoms with Crippen molar-refractivity contribution in [2.45, 2.75) is 52.1 Å². The fourth-order valence-electron chi connectivity index (χ4n) is 1.81. The van der Waals surface area contributed by atoms with Crippen LogP contribution in [0.4, 0.5) is 6.01 Å². The quantitative estimate of drug-likeness (QED) is 0.750. The summed E-state index contributed by atoms with van der Waals surface area (Å²) in [5.41, 5.74) is 0. The lowest BCUT2D eigenvalue weighted by atomic mass is 10.4. The molecule has 96 valence electrons. The van der Waals surface area contributed by atoms with Gasteiger partial charge in [-0.15, -0.1) is 5.10 Å². The number of anilines is 1. The van der Waals surface area contributed by atoms with Gasteiger partial charge in [0.2, 0.25) is 5.89 Å². The Hall–Kier alpha value is -1.10. The standard InChI is InChI=1S/C12H22N4O/c1-3-7-16(8-4-2)12-15-14-11(17-12)9-13-10-5-6-10/h10,13H,3-9H2,1-2H3. The van der Waals surface area contributed by atoms with E-state index < -0.39 is 0 Å². The fourth-order valence-corrected chi connectivity index (χ4v) is 1.81. The highest BCUT2D eigenvalue weighted by Crippen LogP contribution is 2.19. The minimum atomic E-state index is 0.668. The maximum absolute atomic E-state index is 5.67. The third kappa shape index (κ3) is 3.70. The van der Waals surface area contributed by atoms with E-state index >= 15 is 0 Å². The Bertz CT molecular complexity index is 329. The summed E-state index contributed by atoms with van der Waals surface area (Å²) < 4.78 is 5.67. The molecule has 2 rings (SSSR count). The van der Waals surface area contributed by atoms with Crippen LogP contribution in [0.25, 0.3) is 0 Å². The van der Waals surface area contributed by atoms with E-state index in [0.717, 1.165) is 25.9 Å². The molecule has 17 heavy (non-hydrogen) atoms.